The number of hydrogen-bond donors (Lipinski definition) is 1. The van der Waals surface area contributed by atoms with E-state index in [0.29, 0.717) is 10.6 Å². The lowest BCUT2D eigenvalue weighted by Gasteiger charge is -2.07. The minimum atomic E-state index is -1.09. The third-order valence-corrected chi connectivity index (χ3v) is 2.39. The highest BCUT2D eigenvalue weighted by atomic mass is 35.5. The fourth-order valence-corrected chi connectivity index (χ4v) is 1.56. The highest BCUT2D eigenvalue weighted by molar-refractivity contribution is 6.35. The van der Waals surface area contributed by atoms with E-state index in [1.165, 1.54) is 0 Å². The third-order valence-electron chi connectivity index (χ3n) is 1.65. The van der Waals surface area contributed by atoms with Gasteiger partial charge in [-0.2, -0.15) is 0 Å². The molecule has 0 spiro atoms. The maximum atomic E-state index is 10.5. The summed E-state index contributed by atoms with van der Waals surface area (Å²) in [6.45, 7) is 1.87. The van der Waals surface area contributed by atoms with Gasteiger partial charge in [-0.3, -0.25) is 4.79 Å². The molecule has 70 valence electrons. The van der Waals surface area contributed by atoms with Crippen LogP contribution >= 0.6 is 23.2 Å². The van der Waals surface area contributed by atoms with Crippen molar-refractivity contribution in [3.8, 4) is 0 Å². The number of carboxylic acid groups (broad SMARTS) is 1. The summed E-state index contributed by atoms with van der Waals surface area (Å²) in [5.74, 6) is -1.09. The molecule has 13 heavy (non-hydrogen) atoms. The van der Waals surface area contributed by atoms with Crippen LogP contribution in [-0.2, 0) is 4.79 Å². The highest BCUT2D eigenvalue weighted by Crippen LogP contribution is 2.28. The smallest absolute Gasteiger partial charge is 0.326 e. The second kappa shape index (κ2) is 3.99. The van der Waals surface area contributed by atoms with Crippen LogP contribution in [-0.4, -0.2) is 11.1 Å². The Balaban J connectivity index is 3.08. The summed E-state index contributed by atoms with van der Waals surface area (Å²) >= 11 is 11.4. The number of carboxylic acids is 1. The molecule has 1 atom stereocenters. The third kappa shape index (κ3) is 2.36. The van der Waals surface area contributed by atoms with Crippen molar-refractivity contribution in [1.82, 2.24) is 0 Å². The van der Waals surface area contributed by atoms with Gasteiger partial charge in [0.25, 0.3) is 0 Å². The number of aryl methyl sites for hydroxylation is 1. The molecule has 1 aromatic carbocycles. The van der Waals surface area contributed by atoms with Gasteiger partial charge in [-0.15, -0.1) is 11.6 Å². The number of rotatable bonds is 2. The van der Waals surface area contributed by atoms with Crippen molar-refractivity contribution in [2.24, 2.45) is 0 Å². The normalized spacial score (nSPS) is 12.5. The lowest BCUT2D eigenvalue weighted by atomic mass is 10.1. The van der Waals surface area contributed by atoms with E-state index < -0.39 is 11.3 Å². The van der Waals surface area contributed by atoms with Crippen LogP contribution in [0.2, 0.25) is 5.02 Å². The van der Waals surface area contributed by atoms with Gasteiger partial charge in [0.05, 0.1) is 0 Å². The summed E-state index contributed by atoms with van der Waals surface area (Å²) in [4.78, 5) is 10.5. The lowest BCUT2D eigenvalue weighted by Crippen LogP contribution is -2.05. The molecule has 0 aliphatic heterocycles. The summed E-state index contributed by atoms with van der Waals surface area (Å²) < 4.78 is 0. The summed E-state index contributed by atoms with van der Waals surface area (Å²) in [6, 6.07) is 5.10. The van der Waals surface area contributed by atoms with Crippen molar-refractivity contribution in [2.45, 2.75) is 12.3 Å². The number of benzene rings is 1. The van der Waals surface area contributed by atoms with Gasteiger partial charge >= 0.3 is 5.97 Å². The largest absolute Gasteiger partial charge is 0.480 e. The van der Waals surface area contributed by atoms with Crippen molar-refractivity contribution in [1.29, 1.82) is 0 Å². The molecule has 1 N–H and O–H groups in total. The quantitative estimate of drug-likeness (QED) is 0.776. The molecule has 0 saturated heterocycles. The summed E-state index contributed by atoms with van der Waals surface area (Å²) in [5.41, 5.74) is 1.41. The molecule has 0 fully saturated rings. The zero-order chi connectivity index (χ0) is 10.0. The Morgan fingerprint density at radius 2 is 2.15 bits per heavy atom. The van der Waals surface area contributed by atoms with Gasteiger partial charge in [0, 0.05) is 5.02 Å². The summed E-state index contributed by atoms with van der Waals surface area (Å²) in [7, 11) is 0. The van der Waals surface area contributed by atoms with Crippen molar-refractivity contribution in [3.05, 3.63) is 34.3 Å². The Kier molecular flexibility index (Phi) is 3.17. The van der Waals surface area contributed by atoms with Crippen LogP contribution in [0.4, 0.5) is 0 Å². The fourth-order valence-electron chi connectivity index (χ4n) is 0.971. The topological polar surface area (TPSA) is 37.3 Å². The van der Waals surface area contributed by atoms with E-state index >= 15 is 0 Å². The van der Waals surface area contributed by atoms with Crippen LogP contribution in [0, 0.1) is 6.92 Å². The van der Waals surface area contributed by atoms with Gasteiger partial charge in [0.1, 0.15) is 0 Å². The van der Waals surface area contributed by atoms with E-state index in [-0.39, 0.29) is 0 Å². The van der Waals surface area contributed by atoms with Crippen molar-refractivity contribution in [2.75, 3.05) is 0 Å². The molecule has 0 aliphatic rings. The Labute approximate surface area is 86.1 Å². The first-order chi connectivity index (χ1) is 6.02. The number of alkyl halides is 1. The fraction of sp³-hybridized carbons (Fsp3) is 0.222. The Bertz CT molecular complexity index is 336. The summed E-state index contributed by atoms with van der Waals surface area (Å²) in [5, 5.41) is 7.95. The number of carbonyl (C=O) groups is 1. The monoisotopic (exact) mass is 218 g/mol. The average Bonchev–Trinajstić information content (AvgIpc) is 2.03. The van der Waals surface area contributed by atoms with Gasteiger partial charge in [0.15, 0.2) is 5.38 Å². The van der Waals surface area contributed by atoms with Crippen LogP contribution in [0.5, 0.6) is 0 Å². The molecule has 4 heteroatoms. The molecule has 0 amide bonds. The SMILES string of the molecule is Cc1ccc(C(Cl)C(=O)O)c(Cl)c1. The number of aliphatic carboxylic acids is 1. The molecule has 0 bridgehead atoms. The molecule has 2 nitrogen and oxygen atoms in total. The predicted octanol–water partition coefficient (Wildman–Crippen LogP) is 3.01. The van der Waals surface area contributed by atoms with E-state index in [1.54, 1.807) is 18.2 Å². The average molecular weight is 219 g/mol. The van der Waals surface area contributed by atoms with Crippen LogP contribution < -0.4 is 0 Å². The molecule has 1 rings (SSSR count). The predicted molar refractivity (Wildman–Crippen MR) is 52.4 cm³/mol. The minimum Gasteiger partial charge on any atom is -0.480 e. The molecule has 0 heterocycles. The molecule has 0 saturated carbocycles. The van der Waals surface area contributed by atoms with Crippen molar-refractivity contribution >= 4 is 29.2 Å². The number of hydrogen-bond acceptors (Lipinski definition) is 1. The van der Waals surface area contributed by atoms with Gasteiger partial charge in [-0.05, 0) is 24.1 Å². The van der Waals surface area contributed by atoms with Crippen LogP contribution in [0.25, 0.3) is 0 Å². The van der Waals surface area contributed by atoms with E-state index in [9.17, 15) is 4.79 Å². The van der Waals surface area contributed by atoms with Crippen LogP contribution in [0.3, 0.4) is 0 Å². The molecule has 1 aromatic rings. The molecule has 0 aromatic heterocycles. The standard InChI is InChI=1S/C9H8Cl2O2/c1-5-2-3-6(7(10)4-5)8(11)9(12)13/h2-4,8H,1H3,(H,12,13). The van der Waals surface area contributed by atoms with E-state index in [1.807, 2.05) is 6.92 Å². The Morgan fingerprint density at radius 1 is 1.54 bits per heavy atom. The summed E-state index contributed by atoms with van der Waals surface area (Å²) in [6.07, 6.45) is 0. The zero-order valence-corrected chi connectivity index (χ0v) is 8.43. The maximum absolute atomic E-state index is 10.5. The first-order valence-electron chi connectivity index (χ1n) is 3.65. The molecule has 0 radical (unpaired) electrons. The zero-order valence-electron chi connectivity index (χ0n) is 6.92. The molecular weight excluding hydrogens is 211 g/mol. The second-order valence-electron chi connectivity index (χ2n) is 2.73. The van der Waals surface area contributed by atoms with Gasteiger partial charge in [-0.1, -0.05) is 23.7 Å². The Morgan fingerprint density at radius 3 is 2.62 bits per heavy atom. The molecule has 0 aliphatic carbocycles. The minimum absolute atomic E-state index is 0.391. The number of halogens is 2. The molecular formula is C9H8Cl2O2. The van der Waals surface area contributed by atoms with Gasteiger partial charge < -0.3 is 5.11 Å². The van der Waals surface area contributed by atoms with Crippen LogP contribution in [0.1, 0.15) is 16.5 Å². The van der Waals surface area contributed by atoms with Gasteiger partial charge in [-0.25, -0.2) is 0 Å². The molecule has 1 unspecified atom stereocenters. The van der Waals surface area contributed by atoms with E-state index in [4.69, 9.17) is 28.3 Å². The van der Waals surface area contributed by atoms with Crippen molar-refractivity contribution in [3.63, 3.8) is 0 Å². The Hall–Kier alpha value is -0.730. The maximum Gasteiger partial charge on any atom is 0.326 e. The van der Waals surface area contributed by atoms with Crippen molar-refractivity contribution < 1.29 is 9.90 Å². The second-order valence-corrected chi connectivity index (χ2v) is 3.57. The highest BCUT2D eigenvalue weighted by Gasteiger charge is 2.18. The van der Waals surface area contributed by atoms with E-state index in [2.05, 4.69) is 0 Å². The van der Waals surface area contributed by atoms with Crippen LogP contribution in [0.15, 0.2) is 18.2 Å². The first kappa shape index (κ1) is 10.4. The van der Waals surface area contributed by atoms with Gasteiger partial charge in [0.2, 0.25) is 0 Å². The first-order valence-corrected chi connectivity index (χ1v) is 4.46. The van der Waals surface area contributed by atoms with E-state index in [0.717, 1.165) is 5.56 Å². The lowest BCUT2D eigenvalue weighted by molar-refractivity contribution is -0.136.